The molecular weight excluding hydrogens is 142 g/mol. The van der Waals surface area contributed by atoms with Gasteiger partial charge in [-0.3, -0.25) is 14.5 Å². The predicted octanol–water partition coefficient (Wildman–Crippen LogP) is 0.915. The Morgan fingerprint density at radius 1 is 1.64 bits per heavy atom. The molecular formula is C8H11NO2. The number of hydrogen-bond acceptors (Lipinski definition) is 2. The molecule has 11 heavy (non-hydrogen) atoms. The fourth-order valence-corrected chi connectivity index (χ4v) is 1.18. The van der Waals surface area contributed by atoms with Crippen molar-refractivity contribution in [2.24, 2.45) is 5.92 Å². The van der Waals surface area contributed by atoms with Crippen molar-refractivity contribution in [2.75, 3.05) is 0 Å². The molecule has 3 heteroatoms. The van der Waals surface area contributed by atoms with E-state index in [4.69, 9.17) is 0 Å². The number of carbonyl (C=O) groups excluding carboxylic acids is 2. The lowest BCUT2D eigenvalue weighted by molar-refractivity contribution is -0.136. The molecule has 0 radical (unpaired) electrons. The first kappa shape index (κ1) is 7.98. The van der Waals surface area contributed by atoms with Crippen LogP contribution in [0.1, 0.15) is 20.3 Å². The van der Waals surface area contributed by atoms with Gasteiger partial charge in [-0.2, -0.15) is 0 Å². The Morgan fingerprint density at radius 2 is 2.18 bits per heavy atom. The molecule has 1 saturated heterocycles. The molecule has 0 spiro atoms. The minimum absolute atomic E-state index is 0.123. The normalized spacial score (nSPS) is 24.5. The molecule has 0 aromatic carbocycles. The molecule has 0 aliphatic carbocycles. The quantitative estimate of drug-likeness (QED) is 0.525. The number of amides is 2. The second-order valence-corrected chi connectivity index (χ2v) is 2.91. The van der Waals surface area contributed by atoms with E-state index in [0.29, 0.717) is 12.1 Å². The summed E-state index contributed by atoms with van der Waals surface area (Å²) >= 11 is 0. The van der Waals surface area contributed by atoms with E-state index in [1.165, 1.54) is 0 Å². The maximum absolute atomic E-state index is 11.2. The van der Waals surface area contributed by atoms with Gasteiger partial charge in [0.1, 0.15) is 0 Å². The average Bonchev–Trinajstić information content (AvgIpc) is 2.07. The lowest BCUT2D eigenvalue weighted by Gasteiger charge is -2.12. The Kier molecular flexibility index (Phi) is 1.81. The van der Waals surface area contributed by atoms with Crippen molar-refractivity contribution in [1.29, 1.82) is 0 Å². The van der Waals surface area contributed by atoms with Gasteiger partial charge in [0.25, 0.3) is 0 Å². The number of likely N-dealkylation sites (tertiary alicyclic amines) is 1. The summed E-state index contributed by atoms with van der Waals surface area (Å²) in [6, 6.07) is 0. The standard InChI is InChI=1S/C8H11NO2/c1-5(2)9-7(10)4-6(3)8(9)11/h6H,1,4H2,2-3H3. The van der Waals surface area contributed by atoms with Crippen LogP contribution in [0.15, 0.2) is 12.3 Å². The van der Waals surface area contributed by atoms with Gasteiger partial charge >= 0.3 is 0 Å². The zero-order chi connectivity index (χ0) is 8.59. The van der Waals surface area contributed by atoms with Crippen molar-refractivity contribution < 1.29 is 9.59 Å². The van der Waals surface area contributed by atoms with Crippen LogP contribution < -0.4 is 0 Å². The zero-order valence-electron chi connectivity index (χ0n) is 6.76. The summed E-state index contributed by atoms with van der Waals surface area (Å²) in [6.45, 7) is 6.97. The second-order valence-electron chi connectivity index (χ2n) is 2.91. The number of nitrogens with zero attached hydrogens (tertiary/aromatic N) is 1. The summed E-state index contributed by atoms with van der Waals surface area (Å²) in [4.78, 5) is 23.4. The zero-order valence-corrected chi connectivity index (χ0v) is 6.76. The van der Waals surface area contributed by atoms with E-state index < -0.39 is 0 Å². The van der Waals surface area contributed by atoms with Crippen molar-refractivity contribution >= 4 is 11.8 Å². The van der Waals surface area contributed by atoms with Crippen molar-refractivity contribution in [3.63, 3.8) is 0 Å². The van der Waals surface area contributed by atoms with E-state index in [0.717, 1.165) is 4.90 Å². The average molecular weight is 153 g/mol. The van der Waals surface area contributed by atoms with E-state index >= 15 is 0 Å². The van der Waals surface area contributed by atoms with Crippen LogP contribution in [0.4, 0.5) is 0 Å². The number of imide groups is 1. The van der Waals surface area contributed by atoms with Gasteiger partial charge in [0.2, 0.25) is 11.8 Å². The van der Waals surface area contributed by atoms with Crippen LogP contribution in [0.25, 0.3) is 0 Å². The summed E-state index contributed by atoms with van der Waals surface area (Å²) in [5, 5.41) is 0. The molecule has 1 atom stereocenters. The van der Waals surface area contributed by atoms with E-state index in [2.05, 4.69) is 6.58 Å². The van der Waals surface area contributed by atoms with Gasteiger partial charge in [-0.05, 0) is 6.92 Å². The first-order valence-corrected chi connectivity index (χ1v) is 3.56. The number of allylic oxidation sites excluding steroid dienone is 1. The molecule has 0 saturated carbocycles. The highest BCUT2D eigenvalue weighted by Gasteiger charge is 2.35. The molecule has 1 fully saturated rings. The molecule has 3 nitrogen and oxygen atoms in total. The third-order valence-corrected chi connectivity index (χ3v) is 1.75. The van der Waals surface area contributed by atoms with Gasteiger partial charge in [-0.1, -0.05) is 13.5 Å². The highest BCUT2D eigenvalue weighted by atomic mass is 16.2. The number of rotatable bonds is 1. The molecule has 0 N–H and O–H groups in total. The molecule has 1 rings (SSSR count). The smallest absolute Gasteiger partial charge is 0.236 e. The summed E-state index contributed by atoms with van der Waals surface area (Å²) in [5.41, 5.74) is 0.518. The van der Waals surface area contributed by atoms with Crippen LogP contribution >= 0.6 is 0 Å². The van der Waals surface area contributed by atoms with Gasteiger partial charge in [0.15, 0.2) is 0 Å². The minimum Gasteiger partial charge on any atom is -0.274 e. The molecule has 0 aromatic rings. The molecule has 0 aromatic heterocycles. The molecule has 1 aliphatic rings. The molecule has 60 valence electrons. The SMILES string of the molecule is C=C(C)N1C(=O)CC(C)C1=O. The van der Waals surface area contributed by atoms with Gasteiger partial charge in [0.05, 0.1) is 0 Å². The van der Waals surface area contributed by atoms with E-state index in [9.17, 15) is 9.59 Å². The van der Waals surface area contributed by atoms with E-state index in [1.54, 1.807) is 13.8 Å². The van der Waals surface area contributed by atoms with E-state index in [1.807, 2.05) is 0 Å². The highest BCUT2D eigenvalue weighted by Crippen LogP contribution is 2.21. The minimum atomic E-state index is -0.167. The highest BCUT2D eigenvalue weighted by molar-refractivity contribution is 6.04. The largest absolute Gasteiger partial charge is 0.274 e. The van der Waals surface area contributed by atoms with Crippen molar-refractivity contribution in [3.8, 4) is 0 Å². The van der Waals surface area contributed by atoms with Crippen molar-refractivity contribution in [3.05, 3.63) is 12.3 Å². The monoisotopic (exact) mass is 153 g/mol. The molecule has 0 bridgehead atoms. The van der Waals surface area contributed by atoms with Gasteiger partial charge in [-0.25, -0.2) is 0 Å². The summed E-state index contributed by atoms with van der Waals surface area (Å²) in [6.07, 6.45) is 0.325. The summed E-state index contributed by atoms with van der Waals surface area (Å²) in [5.74, 6) is -0.420. The molecule has 1 heterocycles. The summed E-state index contributed by atoms with van der Waals surface area (Å²) in [7, 11) is 0. The molecule has 2 amide bonds. The first-order valence-electron chi connectivity index (χ1n) is 3.56. The van der Waals surface area contributed by atoms with Crippen LogP contribution in [-0.4, -0.2) is 16.7 Å². The molecule has 1 aliphatic heterocycles. The van der Waals surface area contributed by atoms with Crippen LogP contribution in [0.2, 0.25) is 0 Å². The Morgan fingerprint density at radius 3 is 2.36 bits per heavy atom. The van der Waals surface area contributed by atoms with Crippen molar-refractivity contribution in [2.45, 2.75) is 20.3 Å². The third kappa shape index (κ3) is 1.18. The summed E-state index contributed by atoms with van der Waals surface area (Å²) < 4.78 is 0. The third-order valence-electron chi connectivity index (χ3n) is 1.75. The van der Waals surface area contributed by atoms with E-state index in [-0.39, 0.29) is 17.7 Å². The van der Waals surface area contributed by atoms with Crippen LogP contribution in [-0.2, 0) is 9.59 Å². The van der Waals surface area contributed by atoms with Crippen LogP contribution in [0.3, 0.4) is 0 Å². The first-order chi connectivity index (χ1) is 5.04. The maximum Gasteiger partial charge on any atom is 0.236 e. The Balaban J connectivity index is 2.88. The molecule has 1 unspecified atom stereocenters. The Bertz CT molecular complexity index is 232. The second kappa shape index (κ2) is 2.49. The van der Waals surface area contributed by atoms with Crippen molar-refractivity contribution in [1.82, 2.24) is 4.90 Å². The Labute approximate surface area is 65.7 Å². The fourth-order valence-electron chi connectivity index (χ4n) is 1.18. The van der Waals surface area contributed by atoms with Crippen LogP contribution in [0.5, 0.6) is 0 Å². The topological polar surface area (TPSA) is 37.4 Å². The number of carbonyl (C=O) groups is 2. The lowest BCUT2D eigenvalue weighted by atomic mass is 10.1. The van der Waals surface area contributed by atoms with Gasteiger partial charge < -0.3 is 0 Å². The lowest BCUT2D eigenvalue weighted by Crippen LogP contribution is -2.27. The predicted molar refractivity (Wildman–Crippen MR) is 40.4 cm³/mol. The van der Waals surface area contributed by atoms with Gasteiger partial charge in [-0.15, -0.1) is 0 Å². The Hall–Kier alpha value is -1.12. The van der Waals surface area contributed by atoms with Gasteiger partial charge in [0, 0.05) is 18.0 Å². The maximum atomic E-state index is 11.2. The number of hydrogen-bond donors (Lipinski definition) is 0. The fraction of sp³-hybridized carbons (Fsp3) is 0.500. The van der Waals surface area contributed by atoms with Crippen LogP contribution in [0, 0.1) is 5.92 Å².